The van der Waals surface area contributed by atoms with Gasteiger partial charge in [-0.15, -0.1) is 13.2 Å². The molecule has 3 aromatic rings. The summed E-state index contributed by atoms with van der Waals surface area (Å²) < 4.78 is 73.4. The Bertz CT molecular complexity index is 1030. The summed E-state index contributed by atoms with van der Waals surface area (Å²) in [5.41, 5.74) is 0.244. The Kier molecular flexibility index (Phi) is 6.57. The van der Waals surface area contributed by atoms with E-state index in [0.29, 0.717) is 5.56 Å². The Morgan fingerprint density at radius 1 is 1.13 bits per heavy atom. The van der Waals surface area contributed by atoms with Crippen LogP contribution < -0.4 is 10.1 Å². The molecule has 0 bridgehead atoms. The molecule has 0 fully saturated rings. The molecule has 0 aliphatic rings. The molecular formula is C21H17F5N2O3. The zero-order valence-corrected chi connectivity index (χ0v) is 16.2. The molecule has 1 amide bonds. The molecule has 1 atom stereocenters. The van der Waals surface area contributed by atoms with Crippen LogP contribution in [0.1, 0.15) is 30.8 Å². The standard InChI is InChI=1S/C21H17F5N2O3/c1-12(13-5-7-14(8-6-13)31-21(24,25)26)28-18(29)9-10-19-27-11-17(30-19)20-15(22)3-2-4-16(20)23/h2-8,11-12H,9-10H2,1H3,(H,28,29)/t12-/m1/s1. The second-order valence-corrected chi connectivity index (χ2v) is 6.62. The Morgan fingerprint density at radius 2 is 1.77 bits per heavy atom. The highest BCUT2D eigenvalue weighted by atomic mass is 19.4. The highest BCUT2D eigenvalue weighted by Crippen LogP contribution is 2.27. The van der Waals surface area contributed by atoms with Crippen molar-refractivity contribution in [2.45, 2.75) is 32.2 Å². The quantitative estimate of drug-likeness (QED) is 0.505. The van der Waals surface area contributed by atoms with Crippen molar-refractivity contribution in [2.24, 2.45) is 0 Å². The average Bonchev–Trinajstić information content (AvgIpc) is 3.14. The second kappa shape index (κ2) is 9.15. The monoisotopic (exact) mass is 440 g/mol. The van der Waals surface area contributed by atoms with Gasteiger partial charge in [-0.3, -0.25) is 4.79 Å². The van der Waals surface area contributed by atoms with E-state index in [0.717, 1.165) is 24.3 Å². The van der Waals surface area contributed by atoms with E-state index in [2.05, 4.69) is 15.0 Å². The molecular weight excluding hydrogens is 423 g/mol. The summed E-state index contributed by atoms with van der Waals surface area (Å²) in [5, 5.41) is 2.70. The number of hydrogen-bond donors (Lipinski definition) is 1. The highest BCUT2D eigenvalue weighted by Gasteiger charge is 2.31. The summed E-state index contributed by atoms with van der Waals surface area (Å²) in [6, 6.07) is 8.08. The molecule has 0 saturated heterocycles. The van der Waals surface area contributed by atoms with Crippen molar-refractivity contribution in [1.82, 2.24) is 10.3 Å². The van der Waals surface area contributed by atoms with Gasteiger partial charge in [-0.25, -0.2) is 13.8 Å². The van der Waals surface area contributed by atoms with E-state index in [1.54, 1.807) is 6.92 Å². The van der Waals surface area contributed by atoms with E-state index in [1.165, 1.54) is 24.4 Å². The summed E-state index contributed by atoms with van der Waals surface area (Å²) in [6.07, 6.45) is -3.52. The van der Waals surface area contributed by atoms with Gasteiger partial charge in [0.25, 0.3) is 0 Å². The molecule has 0 spiro atoms. The molecule has 0 aliphatic heterocycles. The van der Waals surface area contributed by atoms with Crippen LogP contribution in [0.3, 0.4) is 0 Å². The first kappa shape index (κ1) is 22.3. The molecule has 0 radical (unpaired) electrons. The fourth-order valence-corrected chi connectivity index (χ4v) is 2.85. The van der Waals surface area contributed by atoms with Crippen molar-refractivity contribution in [3.63, 3.8) is 0 Å². The molecule has 0 unspecified atom stereocenters. The third-order valence-electron chi connectivity index (χ3n) is 4.32. The topological polar surface area (TPSA) is 64.4 Å². The van der Waals surface area contributed by atoms with Gasteiger partial charge in [0, 0.05) is 12.8 Å². The number of benzene rings is 2. The maximum atomic E-state index is 13.8. The van der Waals surface area contributed by atoms with Gasteiger partial charge in [-0.1, -0.05) is 18.2 Å². The van der Waals surface area contributed by atoms with Gasteiger partial charge in [0.15, 0.2) is 11.7 Å². The molecule has 5 nitrogen and oxygen atoms in total. The minimum Gasteiger partial charge on any atom is -0.441 e. The Morgan fingerprint density at radius 3 is 2.39 bits per heavy atom. The van der Waals surface area contributed by atoms with Crippen molar-refractivity contribution in [2.75, 3.05) is 0 Å². The van der Waals surface area contributed by atoms with Crippen molar-refractivity contribution < 1.29 is 35.9 Å². The predicted molar refractivity (Wildman–Crippen MR) is 99.9 cm³/mol. The first-order valence-corrected chi connectivity index (χ1v) is 9.16. The van der Waals surface area contributed by atoms with Gasteiger partial charge in [0.2, 0.25) is 5.91 Å². The van der Waals surface area contributed by atoms with E-state index in [-0.39, 0.29) is 41.7 Å². The zero-order valence-electron chi connectivity index (χ0n) is 16.2. The number of rotatable bonds is 7. The second-order valence-electron chi connectivity index (χ2n) is 6.62. The van der Waals surface area contributed by atoms with E-state index < -0.39 is 24.0 Å². The summed E-state index contributed by atoms with van der Waals surface area (Å²) in [4.78, 5) is 16.1. The van der Waals surface area contributed by atoms with E-state index in [1.807, 2.05) is 0 Å². The van der Waals surface area contributed by atoms with Gasteiger partial charge in [0.1, 0.15) is 17.4 Å². The first-order valence-electron chi connectivity index (χ1n) is 9.16. The van der Waals surface area contributed by atoms with Gasteiger partial charge < -0.3 is 14.5 Å². The fourth-order valence-electron chi connectivity index (χ4n) is 2.85. The zero-order chi connectivity index (χ0) is 22.6. The lowest BCUT2D eigenvalue weighted by Crippen LogP contribution is -2.26. The number of halogens is 5. The molecule has 31 heavy (non-hydrogen) atoms. The summed E-state index contributed by atoms with van der Waals surface area (Å²) in [7, 11) is 0. The Labute approximate surface area is 173 Å². The smallest absolute Gasteiger partial charge is 0.441 e. The van der Waals surface area contributed by atoms with Crippen LogP contribution in [0.4, 0.5) is 22.0 Å². The fraction of sp³-hybridized carbons (Fsp3) is 0.238. The molecule has 2 aromatic carbocycles. The lowest BCUT2D eigenvalue weighted by molar-refractivity contribution is -0.274. The molecule has 0 aliphatic carbocycles. The summed E-state index contributed by atoms with van der Waals surface area (Å²) >= 11 is 0. The number of nitrogens with zero attached hydrogens (tertiary/aromatic N) is 1. The van der Waals surface area contributed by atoms with Gasteiger partial charge in [0.05, 0.1) is 17.8 Å². The number of amides is 1. The van der Waals surface area contributed by atoms with Crippen LogP contribution in [0.25, 0.3) is 11.3 Å². The molecule has 0 saturated carbocycles. The van der Waals surface area contributed by atoms with Crippen LogP contribution in [-0.4, -0.2) is 17.3 Å². The maximum Gasteiger partial charge on any atom is 0.573 e. The molecule has 3 rings (SSSR count). The van der Waals surface area contributed by atoms with Crippen LogP contribution in [0.5, 0.6) is 5.75 Å². The minimum absolute atomic E-state index is 0.0146. The lowest BCUT2D eigenvalue weighted by atomic mass is 10.1. The molecule has 1 heterocycles. The molecule has 1 N–H and O–H groups in total. The van der Waals surface area contributed by atoms with Crippen molar-refractivity contribution in [3.05, 3.63) is 71.8 Å². The van der Waals surface area contributed by atoms with Gasteiger partial charge >= 0.3 is 6.36 Å². The summed E-state index contributed by atoms with van der Waals surface area (Å²) in [5.74, 6) is -2.25. The van der Waals surface area contributed by atoms with Crippen LogP contribution in [-0.2, 0) is 11.2 Å². The van der Waals surface area contributed by atoms with E-state index in [4.69, 9.17) is 4.42 Å². The number of carbonyl (C=O) groups excluding carboxylic acids is 1. The number of aryl methyl sites for hydroxylation is 1. The first-order chi connectivity index (χ1) is 14.6. The molecule has 164 valence electrons. The third-order valence-corrected chi connectivity index (χ3v) is 4.32. The molecule has 10 heteroatoms. The van der Waals surface area contributed by atoms with Gasteiger partial charge in [-0.2, -0.15) is 0 Å². The van der Waals surface area contributed by atoms with Crippen molar-refractivity contribution in [3.8, 4) is 17.1 Å². The van der Waals surface area contributed by atoms with Gasteiger partial charge in [-0.05, 0) is 36.8 Å². The number of ether oxygens (including phenoxy) is 1. The number of nitrogens with one attached hydrogen (secondary N) is 1. The highest BCUT2D eigenvalue weighted by molar-refractivity contribution is 5.76. The molecule has 1 aromatic heterocycles. The van der Waals surface area contributed by atoms with Crippen LogP contribution in [0, 0.1) is 11.6 Å². The normalized spacial score (nSPS) is 12.5. The predicted octanol–water partition coefficient (Wildman–Crippen LogP) is 5.33. The number of alkyl halides is 3. The van der Waals surface area contributed by atoms with Crippen LogP contribution in [0.15, 0.2) is 53.1 Å². The number of aromatic nitrogens is 1. The van der Waals surface area contributed by atoms with E-state index in [9.17, 15) is 26.7 Å². The average molecular weight is 440 g/mol. The summed E-state index contributed by atoms with van der Waals surface area (Å²) in [6.45, 7) is 1.67. The largest absolute Gasteiger partial charge is 0.573 e. The SMILES string of the molecule is C[C@@H](NC(=O)CCc1ncc(-c2c(F)cccc2F)o1)c1ccc(OC(F)(F)F)cc1. The third kappa shape index (κ3) is 6.03. The number of carbonyl (C=O) groups is 1. The van der Waals surface area contributed by atoms with E-state index >= 15 is 0 Å². The Balaban J connectivity index is 1.54. The number of oxazole rings is 1. The van der Waals surface area contributed by atoms with Crippen LogP contribution in [0.2, 0.25) is 0 Å². The van der Waals surface area contributed by atoms with Crippen molar-refractivity contribution in [1.29, 1.82) is 0 Å². The van der Waals surface area contributed by atoms with Crippen LogP contribution >= 0.6 is 0 Å². The minimum atomic E-state index is -4.78. The maximum absolute atomic E-state index is 13.8. The lowest BCUT2D eigenvalue weighted by Gasteiger charge is -2.15. The van der Waals surface area contributed by atoms with Crippen molar-refractivity contribution >= 4 is 5.91 Å². The number of hydrogen-bond acceptors (Lipinski definition) is 4. The Hall–Kier alpha value is -3.43.